The first-order valence-electron chi connectivity index (χ1n) is 7.13. The molecule has 19 heavy (non-hydrogen) atoms. The van der Waals surface area contributed by atoms with Crippen LogP contribution in [0, 0.1) is 0 Å². The highest BCUT2D eigenvalue weighted by Gasteiger charge is 2.32. The normalized spacial score (nSPS) is 17.2. The topological polar surface area (TPSA) is 38.3 Å². The second-order valence-electron chi connectivity index (χ2n) is 5.83. The molecule has 104 valence electrons. The summed E-state index contributed by atoms with van der Waals surface area (Å²) in [4.78, 5) is 17.5. The third-order valence-corrected chi connectivity index (χ3v) is 3.93. The third-order valence-electron chi connectivity index (χ3n) is 3.93. The van der Waals surface area contributed by atoms with Gasteiger partial charge >= 0.3 is 5.97 Å². The smallest absolute Gasteiger partial charge is 0.334 e. The minimum absolute atomic E-state index is 0.218. The van der Waals surface area contributed by atoms with Gasteiger partial charge in [0.25, 0.3) is 0 Å². The Labute approximate surface area is 115 Å². The highest BCUT2D eigenvalue weighted by atomic mass is 16.7. The van der Waals surface area contributed by atoms with E-state index in [2.05, 4.69) is 5.48 Å². The van der Waals surface area contributed by atoms with Crippen molar-refractivity contribution < 1.29 is 9.63 Å². The van der Waals surface area contributed by atoms with Gasteiger partial charge in [-0.25, -0.2) is 4.79 Å². The van der Waals surface area contributed by atoms with Crippen LogP contribution in [0.25, 0.3) is 0 Å². The minimum Gasteiger partial charge on any atom is -0.369 e. The molecular formula is C16H23NO2. The largest absolute Gasteiger partial charge is 0.369 e. The molecule has 0 amide bonds. The van der Waals surface area contributed by atoms with E-state index in [4.69, 9.17) is 4.84 Å². The van der Waals surface area contributed by atoms with Crippen LogP contribution in [0.5, 0.6) is 0 Å². The Kier molecular flexibility index (Phi) is 4.59. The van der Waals surface area contributed by atoms with E-state index in [0.717, 1.165) is 18.4 Å². The molecular weight excluding hydrogens is 238 g/mol. The maximum atomic E-state index is 12.2. The van der Waals surface area contributed by atoms with Crippen molar-refractivity contribution in [2.24, 2.45) is 0 Å². The number of carbonyl (C=O) groups is 1. The van der Waals surface area contributed by atoms with Crippen LogP contribution >= 0.6 is 0 Å². The quantitative estimate of drug-likeness (QED) is 0.845. The molecule has 1 aliphatic carbocycles. The van der Waals surface area contributed by atoms with Crippen molar-refractivity contribution in [2.75, 3.05) is 0 Å². The zero-order valence-corrected chi connectivity index (χ0v) is 11.8. The van der Waals surface area contributed by atoms with Gasteiger partial charge < -0.3 is 4.84 Å². The number of hydroxylamine groups is 1. The molecule has 0 radical (unpaired) electrons. The van der Waals surface area contributed by atoms with Gasteiger partial charge in [-0.05, 0) is 32.3 Å². The number of hydrogen-bond acceptors (Lipinski definition) is 3. The van der Waals surface area contributed by atoms with Crippen LogP contribution in [-0.2, 0) is 15.0 Å². The molecule has 1 saturated carbocycles. The van der Waals surface area contributed by atoms with E-state index in [1.807, 2.05) is 44.2 Å². The maximum absolute atomic E-state index is 12.2. The Morgan fingerprint density at radius 2 is 1.79 bits per heavy atom. The first-order valence-corrected chi connectivity index (χ1v) is 7.13. The molecule has 1 N–H and O–H groups in total. The molecule has 0 spiro atoms. The summed E-state index contributed by atoms with van der Waals surface area (Å²) in [6.45, 7) is 3.79. The zero-order valence-electron chi connectivity index (χ0n) is 11.8. The van der Waals surface area contributed by atoms with Crippen molar-refractivity contribution in [3.05, 3.63) is 35.9 Å². The van der Waals surface area contributed by atoms with Crippen LogP contribution in [0.15, 0.2) is 30.3 Å². The summed E-state index contributed by atoms with van der Waals surface area (Å²) in [5.41, 5.74) is 3.30. The highest BCUT2D eigenvalue weighted by molar-refractivity contribution is 5.81. The third kappa shape index (κ3) is 3.57. The van der Waals surface area contributed by atoms with Crippen LogP contribution < -0.4 is 5.48 Å². The fourth-order valence-corrected chi connectivity index (χ4v) is 2.46. The van der Waals surface area contributed by atoms with E-state index in [-0.39, 0.29) is 5.97 Å². The fourth-order valence-electron chi connectivity index (χ4n) is 2.46. The van der Waals surface area contributed by atoms with Crippen LogP contribution in [0.3, 0.4) is 0 Å². The Balaban J connectivity index is 1.91. The van der Waals surface area contributed by atoms with Gasteiger partial charge in [0.2, 0.25) is 0 Å². The molecule has 1 aliphatic rings. The van der Waals surface area contributed by atoms with Gasteiger partial charge in [0.1, 0.15) is 0 Å². The van der Waals surface area contributed by atoms with Crippen molar-refractivity contribution in [3.63, 3.8) is 0 Å². The summed E-state index contributed by atoms with van der Waals surface area (Å²) in [6, 6.07) is 10.1. The average molecular weight is 261 g/mol. The summed E-state index contributed by atoms with van der Waals surface area (Å²) in [6.07, 6.45) is 5.92. The molecule has 0 heterocycles. The number of hydrogen-bond donors (Lipinski definition) is 1. The zero-order chi connectivity index (χ0) is 13.7. The fraction of sp³-hybridized carbons (Fsp3) is 0.562. The SMILES string of the molecule is CC(C)(C(=O)ONC1CCCCC1)c1ccccc1. The first kappa shape index (κ1) is 14.1. The van der Waals surface area contributed by atoms with Crippen molar-refractivity contribution >= 4 is 5.97 Å². The summed E-state index contributed by atoms with van der Waals surface area (Å²) >= 11 is 0. The molecule has 1 aromatic carbocycles. The molecule has 1 fully saturated rings. The average Bonchev–Trinajstić information content (AvgIpc) is 2.46. The Morgan fingerprint density at radius 1 is 1.16 bits per heavy atom. The van der Waals surface area contributed by atoms with E-state index in [1.54, 1.807) is 0 Å². The molecule has 0 unspecified atom stereocenters. The van der Waals surface area contributed by atoms with Gasteiger partial charge in [0.15, 0.2) is 0 Å². The van der Waals surface area contributed by atoms with Crippen molar-refractivity contribution in [1.82, 2.24) is 5.48 Å². The lowest BCUT2D eigenvalue weighted by molar-refractivity contribution is -0.159. The molecule has 0 atom stereocenters. The minimum atomic E-state index is -0.622. The summed E-state index contributed by atoms with van der Waals surface area (Å²) in [5.74, 6) is -0.218. The van der Waals surface area contributed by atoms with Gasteiger partial charge in [-0.15, -0.1) is 5.48 Å². The van der Waals surface area contributed by atoms with E-state index in [9.17, 15) is 4.79 Å². The molecule has 0 bridgehead atoms. The predicted octanol–water partition coefficient (Wildman–Crippen LogP) is 3.34. The van der Waals surface area contributed by atoms with E-state index in [0.29, 0.717) is 6.04 Å². The second-order valence-corrected chi connectivity index (χ2v) is 5.83. The first-order chi connectivity index (χ1) is 9.10. The lowest BCUT2D eigenvalue weighted by Crippen LogP contribution is -2.39. The Morgan fingerprint density at radius 3 is 2.42 bits per heavy atom. The monoisotopic (exact) mass is 261 g/mol. The maximum Gasteiger partial charge on any atom is 0.334 e. The molecule has 2 rings (SSSR count). The van der Waals surface area contributed by atoms with Crippen LogP contribution in [0.2, 0.25) is 0 Å². The van der Waals surface area contributed by atoms with Gasteiger partial charge in [0, 0.05) is 6.04 Å². The van der Waals surface area contributed by atoms with E-state index >= 15 is 0 Å². The van der Waals surface area contributed by atoms with Gasteiger partial charge in [-0.3, -0.25) is 0 Å². The second kappa shape index (κ2) is 6.20. The number of nitrogens with one attached hydrogen (secondary N) is 1. The Bertz CT molecular complexity index is 408. The molecule has 1 aromatic rings. The number of carbonyl (C=O) groups excluding carboxylic acids is 1. The van der Waals surface area contributed by atoms with Crippen molar-refractivity contribution in [2.45, 2.75) is 57.4 Å². The lowest BCUT2D eigenvalue weighted by Gasteiger charge is -2.26. The van der Waals surface area contributed by atoms with Gasteiger partial charge in [0.05, 0.1) is 5.41 Å². The number of benzene rings is 1. The molecule has 0 saturated heterocycles. The molecule has 0 aromatic heterocycles. The van der Waals surface area contributed by atoms with Crippen LogP contribution in [0.1, 0.15) is 51.5 Å². The summed E-state index contributed by atoms with van der Waals surface area (Å²) < 4.78 is 0. The molecule has 0 aliphatic heterocycles. The Hall–Kier alpha value is -1.35. The molecule has 3 nitrogen and oxygen atoms in total. The van der Waals surface area contributed by atoms with E-state index in [1.165, 1.54) is 19.3 Å². The molecule has 3 heteroatoms. The van der Waals surface area contributed by atoms with Crippen molar-refractivity contribution in [3.8, 4) is 0 Å². The predicted molar refractivity (Wildman–Crippen MR) is 75.6 cm³/mol. The standard InChI is InChI=1S/C16H23NO2/c1-16(2,13-9-5-3-6-10-13)15(18)19-17-14-11-7-4-8-12-14/h3,5-6,9-10,14,17H,4,7-8,11-12H2,1-2H3. The van der Waals surface area contributed by atoms with E-state index < -0.39 is 5.41 Å². The van der Waals surface area contributed by atoms with Gasteiger partial charge in [-0.2, -0.15) is 0 Å². The summed E-state index contributed by atoms with van der Waals surface area (Å²) in [5, 5.41) is 0. The van der Waals surface area contributed by atoms with Crippen molar-refractivity contribution in [1.29, 1.82) is 0 Å². The lowest BCUT2D eigenvalue weighted by atomic mass is 9.85. The summed E-state index contributed by atoms with van der Waals surface area (Å²) in [7, 11) is 0. The number of rotatable bonds is 4. The highest BCUT2D eigenvalue weighted by Crippen LogP contribution is 2.24. The van der Waals surface area contributed by atoms with Crippen LogP contribution in [-0.4, -0.2) is 12.0 Å². The van der Waals surface area contributed by atoms with Crippen LogP contribution in [0.4, 0.5) is 0 Å². The van der Waals surface area contributed by atoms with Gasteiger partial charge in [-0.1, -0.05) is 49.6 Å².